The Labute approximate surface area is 173 Å². The molecule has 4 rings (SSSR count). The van der Waals surface area contributed by atoms with Gasteiger partial charge in [-0.3, -0.25) is 4.79 Å². The second-order valence-electron chi connectivity index (χ2n) is 8.65. The monoisotopic (exact) mass is 396 g/mol. The Bertz CT molecular complexity index is 826. The molecule has 2 aromatic heterocycles. The standard InChI is InChI=1S/C22H32N6O/c1-3-4-18-13-24-17(2)26-21(18)27-11-8-22(9-12-27)7-5-20(29)28(15-22)10-6-19-14-23-16-25-19/h13-14,16H,3-12,15H2,1-2H3,(H,23,25). The lowest BCUT2D eigenvalue weighted by Gasteiger charge is -2.48. The number of amides is 1. The van der Waals surface area contributed by atoms with Gasteiger partial charge in [-0.25, -0.2) is 15.0 Å². The third-order valence-corrected chi connectivity index (χ3v) is 6.56. The van der Waals surface area contributed by atoms with Crippen LogP contribution in [0.1, 0.15) is 56.1 Å². The van der Waals surface area contributed by atoms with Crippen LogP contribution in [0.2, 0.25) is 0 Å². The highest BCUT2D eigenvalue weighted by molar-refractivity contribution is 5.77. The van der Waals surface area contributed by atoms with Gasteiger partial charge in [-0.15, -0.1) is 0 Å². The first-order valence-corrected chi connectivity index (χ1v) is 10.9. The van der Waals surface area contributed by atoms with Gasteiger partial charge in [0.15, 0.2) is 0 Å². The summed E-state index contributed by atoms with van der Waals surface area (Å²) in [4.78, 5) is 33.4. The Morgan fingerprint density at radius 3 is 2.72 bits per heavy atom. The van der Waals surface area contributed by atoms with Crippen LogP contribution in [0.4, 0.5) is 5.82 Å². The third-order valence-electron chi connectivity index (χ3n) is 6.56. The lowest BCUT2D eigenvalue weighted by molar-refractivity contribution is -0.138. The van der Waals surface area contributed by atoms with Crippen molar-refractivity contribution >= 4 is 11.7 Å². The number of carbonyl (C=O) groups excluding carboxylic acids is 1. The normalized spacial score (nSPS) is 19.2. The Morgan fingerprint density at radius 2 is 2.00 bits per heavy atom. The van der Waals surface area contributed by atoms with E-state index in [1.54, 1.807) is 6.33 Å². The smallest absolute Gasteiger partial charge is 0.222 e. The van der Waals surface area contributed by atoms with Crippen LogP contribution in [0, 0.1) is 12.3 Å². The Kier molecular flexibility index (Phi) is 5.83. The van der Waals surface area contributed by atoms with Crippen molar-refractivity contribution in [1.29, 1.82) is 0 Å². The molecule has 1 spiro atoms. The number of hydrogen-bond acceptors (Lipinski definition) is 5. The van der Waals surface area contributed by atoms with Crippen LogP contribution in [-0.2, 0) is 17.6 Å². The molecule has 2 fully saturated rings. The second-order valence-corrected chi connectivity index (χ2v) is 8.65. The summed E-state index contributed by atoms with van der Waals surface area (Å²) in [6, 6.07) is 0. The number of aromatic nitrogens is 4. The minimum Gasteiger partial charge on any atom is -0.356 e. The van der Waals surface area contributed by atoms with E-state index in [9.17, 15) is 4.79 Å². The number of H-pyrrole nitrogens is 1. The number of imidazole rings is 1. The Hall–Kier alpha value is -2.44. The van der Waals surface area contributed by atoms with E-state index >= 15 is 0 Å². The van der Waals surface area contributed by atoms with Crippen molar-refractivity contribution in [3.05, 3.63) is 35.8 Å². The number of carbonyl (C=O) groups is 1. The third kappa shape index (κ3) is 4.43. The summed E-state index contributed by atoms with van der Waals surface area (Å²) in [7, 11) is 0. The van der Waals surface area contributed by atoms with Gasteiger partial charge in [0.05, 0.1) is 6.33 Å². The van der Waals surface area contributed by atoms with Gasteiger partial charge in [0, 0.05) is 62.7 Å². The van der Waals surface area contributed by atoms with Gasteiger partial charge in [0.25, 0.3) is 0 Å². The summed E-state index contributed by atoms with van der Waals surface area (Å²) in [6.45, 7) is 7.85. The highest BCUT2D eigenvalue weighted by Gasteiger charge is 2.41. The van der Waals surface area contributed by atoms with Crippen LogP contribution in [0.3, 0.4) is 0 Å². The summed E-state index contributed by atoms with van der Waals surface area (Å²) in [5.41, 5.74) is 2.61. The van der Waals surface area contributed by atoms with Crippen LogP contribution in [0.5, 0.6) is 0 Å². The molecule has 7 heteroatoms. The molecule has 0 bridgehead atoms. The zero-order valence-corrected chi connectivity index (χ0v) is 17.7. The van der Waals surface area contributed by atoms with Crippen LogP contribution in [-0.4, -0.2) is 56.9 Å². The van der Waals surface area contributed by atoms with E-state index in [0.717, 1.165) is 82.0 Å². The maximum Gasteiger partial charge on any atom is 0.222 e. The molecule has 0 aliphatic carbocycles. The quantitative estimate of drug-likeness (QED) is 0.812. The van der Waals surface area contributed by atoms with Crippen molar-refractivity contribution < 1.29 is 4.79 Å². The predicted octanol–water partition coefficient (Wildman–Crippen LogP) is 2.91. The second kappa shape index (κ2) is 8.51. The molecule has 2 aliphatic heterocycles. The molecular formula is C22H32N6O. The predicted molar refractivity (Wildman–Crippen MR) is 113 cm³/mol. The largest absolute Gasteiger partial charge is 0.356 e. The molecule has 2 aliphatic rings. The Morgan fingerprint density at radius 1 is 1.17 bits per heavy atom. The van der Waals surface area contributed by atoms with Gasteiger partial charge >= 0.3 is 0 Å². The van der Waals surface area contributed by atoms with E-state index in [2.05, 4.69) is 31.7 Å². The molecule has 0 aromatic carbocycles. The van der Waals surface area contributed by atoms with Crippen molar-refractivity contribution in [2.45, 2.75) is 58.8 Å². The molecule has 156 valence electrons. The van der Waals surface area contributed by atoms with Crippen molar-refractivity contribution in [2.24, 2.45) is 5.41 Å². The van der Waals surface area contributed by atoms with Crippen LogP contribution < -0.4 is 4.90 Å². The van der Waals surface area contributed by atoms with Crippen LogP contribution in [0.25, 0.3) is 0 Å². The van der Waals surface area contributed by atoms with E-state index in [1.165, 1.54) is 5.56 Å². The molecule has 1 amide bonds. The first kappa shape index (κ1) is 19.9. The van der Waals surface area contributed by atoms with Gasteiger partial charge < -0.3 is 14.8 Å². The van der Waals surface area contributed by atoms with E-state index in [4.69, 9.17) is 4.98 Å². The molecule has 2 aromatic rings. The maximum atomic E-state index is 12.5. The first-order chi connectivity index (χ1) is 14.1. The zero-order chi connectivity index (χ0) is 20.3. The highest BCUT2D eigenvalue weighted by atomic mass is 16.2. The van der Waals surface area contributed by atoms with E-state index < -0.39 is 0 Å². The topological polar surface area (TPSA) is 78.0 Å². The molecule has 4 heterocycles. The van der Waals surface area contributed by atoms with Crippen molar-refractivity contribution in [3.63, 3.8) is 0 Å². The molecule has 0 radical (unpaired) electrons. The first-order valence-electron chi connectivity index (χ1n) is 10.9. The average molecular weight is 397 g/mol. The fourth-order valence-electron chi connectivity index (χ4n) is 4.79. The van der Waals surface area contributed by atoms with Crippen LogP contribution >= 0.6 is 0 Å². The summed E-state index contributed by atoms with van der Waals surface area (Å²) in [6.07, 6.45) is 12.5. The van der Waals surface area contributed by atoms with Crippen molar-refractivity contribution in [2.75, 3.05) is 31.1 Å². The molecule has 0 unspecified atom stereocenters. The van der Waals surface area contributed by atoms with Gasteiger partial charge in [0.2, 0.25) is 5.91 Å². The summed E-state index contributed by atoms with van der Waals surface area (Å²) >= 11 is 0. The fraction of sp³-hybridized carbons (Fsp3) is 0.636. The fourth-order valence-corrected chi connectivity index (χ4v) is 4.79. The minimum atomic E-state index is 0.255. The lowest BCUT2D eigenvalue weighted by Crippen LogP contribution is -2.52. The Balaban J connectivity index is 1.40. The molecule has 0 saturated carbocycles. The van der Waals surface area contributed by atoms with Crippen LogP contribution in [0.15, 0.2) is 18.7 Å². The number of rotatable bonds is 6. The van der Waals surface area contributed by atoms with Crippen molar-refractivity contribution in [1.82, 2.24) is 24.8 Å². The summed E-state index contributed by atoms with van der Waals surface area (Å²) < 4.78 is 0. The highest BCUT2D eigenvalue weighted by Crippen LogP contribution is 2.41. The van der Waals surface area contributed by atoms with E-state index in [-0.39, 0.29) is 5.41 Å². The van der Waals surface area contributed by atoms with E-state index in [1.807, 2.05) is 19.3 Å². The number of aromatic amines is 1. The minimum absolute atomic E-state index is 0.255. The van der Waals surface area contributed by atoms with Gasteiger partial charge in [0.1, 0.15) is 11.6 Å². The lowest BCUT2D eigenvalue weighted by atomic mass is 9.72. The summed E-state index contributed by atoms with van der Waals surface area (Å²) in [5, 5.41) is 0. The molecule has 0 atom stereocenters. The summed E-state index contributed by atoms with van der Waals surface area (Å²) in [5.74, 6) is 2.26. The zero-order valence-electron chi connectivity index (χ0n) is 17.7. The van der Waals surface area contributed by atoms with Gasteiger partial charge in [-0.05, 0) is 38.0 Å². The average Bonchev–Trinajstić information content (AvgIpc) is 3.25. The number of aryl methyl sites for hydroxylation is 2. The van der Waals surface area contributed by atoms with Gasteiger partial charge in [-0.1, -0.05) is 13.3 Å². The molecular weight excluding hydrogens is 364 g/mol. The van der Waals surface area contributed by atoms with Crippen molar-refractivity contribution in [3.8, 4) is 0 Å². The number of anilines is 1. The number of nitrogens with one attached hydrogen (secondary N) is 1. The number of hydrogen-bond donors (Lipinski definition) is 1. The molecule has 29 heavy (non-hydrogen) atoms. The SMILES string of the molecule is CCCc1cnc(C)nc1N1CCC2(CCC(=O)N(CCc3cnc[nH]3)C2)CC1. The number of likely N-dealkylation sites (tertiary alicyclic amines) is 1. The molecule has 2 saturated heterocycles. The molecule has 1 N–H and O–H groups in total. The van der Waals surface area contributed by atoms with E-state index in [0.29, 0.717) is 12.3 Å². The van der Waals surface area contributed by atoms with Gasteiger partial charge in [-0.2, -0.15) is 0 Å². The number of piperidine rings is 2. The number of nitrogens with zero attached hydrogens (tertiary/aromatic N) is 5. The maximum absolute atomic E-state index is 12.5. The molecule has 7 nitrogen and oxygen atoms in total.